The first-order valence-corrected chi connectivity index (χ1v) is 8.07. The molecule has 3 rings (SSSR count). The monoisotopic (exact) mass is 317 g/mol. The van der Waals surface area contributed by atoms with E-state index < -0.39 is 0 Å². The summed E-state index contributed by atoms with van der Waals surface area (Å²) in [5, 5.41) is 9.26. The van der Waals surface area contributed by atoms with Gasteiger partial charge in [0.1, 0.15) is 12.4 Å². The highest BCUT2D eigenvalue weighted by atomic mass is 16.1. The van der Waals surface area contributed by atoms with E-state index in [1.807, 2.05) is 19.1 Å². The summed E-state index contributed by atoms with van der Waals surface area (Å²) in [5.41, 5.74) is 4.04. The number of carbonyl (C=O) groups is 1. The van der Waals surface area contributed by atoms with Crippen molar-refractivity contribution < 1.29 is 4.79 Å². The first-order valence-electron chi connectivity index (χ1n) is 8.07. The molecule has 2 aliphatic rings. The second kappa shape index (κ2) is 6.37. The van der Waals surface area contributed by atoms with Gasteiger partial charge >= 0.3 is 0 Å². The Hall–Kier alpha value is -2.80. The van der Waals surface area contributed by atoms with Crippen LogP contribution in [0.1, 0.15) is 36.2 Å². The minimum absolute atomic E-state index is 0.00681. The highest BCUT2D eigenvalue weighted by Crippen LogP contribution is 2.45. The number of carbonyl (C=O) groups excluding carboxylic acids is 1. The molecule has 0 aromatic carbocycles. The van der Waals surface area contributed by atoms with Gasteiger partial charge in [-0.25, -0.2) is 9.97 Å². The van der Waals surface area contributed by atoms with Gasteiger partial charge in [-0.15, -0.1) is 0 Å². The van der Waals surface area contributed by atoms with Gasteiger partial charge in [0, 0.05) is 17.4 Å². The summed E-state index contributed by atoms with van der Waals surface area (Å²) < 4.78 is 0. The molecule has 1 heterocycles. The van der Waals surface area contributed by atoms with E-state index in [1.165, 1.54) is 0 Å². The Morgan fingerprint density at radius 3 is 2.88 bits per heavy atom. The molecule has 0 spiro atoms. The Labute approximate surface area is 141 Å². The maximum atomic E-state index is 12.3. The maximum Gasteiger partial charge on any atom is 0.176 e. The van der Waals surface area contributed by atoms with E-state index in [-0.39, 0.29) is 29.1 Å². The number of allylic oxidation sites excluding steroid dienone is 6. The van der Waals surface area contributed by atoms with Crippen LogP contribution in [0.3, 0.4) is 0 Å². The number of rotatable bonds is 3. The van der Waals surface area contributed by atoms with Crippen LogP contribution in [-0.4, -0.2) is 15.8 Å². The van der Waals surface area contributed by atoms with Gasteiger partial charge in [0.15, 0.2) is 5.78 Å². The topological polar surface area (TPSA) is 66.6 Å². The summed E-state index contributed by atoms with van der Waals surface area (Å²) in [5.74, 6) is -0.00770. The fraction of sp³-hybridized carbons (Fsp3) is 0.300. The van der Waals surface area contributed by atoms with Gasteiger partial charge in [-0.3, -0.25) is 4.79 Å². The first kappa shape index (κ1) is 16.1. The predicted octanol–water partition coefficient (Wildman–Crippen LogP) is 3.55. The van der Waals surface area contributed by atoms with Crippen molar-refractivity contribution in [3.05, 3.63) is 66.3 Å². The summed E-state index contributed by atoms with van der Waals surface area (Å²) >= 11 is 0. The van der Waals surface area contributed by atoms with Crippen LogP contribution >= 0.6 is 0 Å². The number of fused-ring (bicyclic) bond motifs is 3. The lowest BCUT2D eigenvalue weighted by Crippen LogP contribution is -2.35. The fourth-order valence-corrected chi connectivity index (χ4v) is 3.83. The lowest BCUT2D eigenvalue weighted by Gasteiger charge is -2.37. The Morgan fingerprint density at radius 1 is 1.42 bits per heavy atom. The summed E-state index contributed by atoms with van der Waals surface area (Å²) in [6.07, 6.45) is 10.4. The highest BCUT2D eigenvalue weighted by molar-refractivity contribution is 6.01. The van der Waals surface area contributed by atoms with Crippen molar-refractivity contribution in [2.75, 3.05) is 0 Å². The van der Waals surface area contributed by atoms with Crippen LogP contribution in [-0.2, 0) is 11.2 Å². The smallest absolute Gasteiger partial charge is 0.176 e. The zero-order valence-corrected chi connectivity index (χ0v) is 13.7. The van der Waals surface area contributed by atoms with Crippen molar-refractivity contribution >= 4 is 11.4 Å². The molecule has 3 atom stereocenters. The van der Waals surface area contributed by atoms with E-state index in [1.54, 1.807) is 24.6 Å². The minimum atomic E-state index is -0.149. The third-order valence-corrected chi connectivity index (χ3v) is 5.06. The van der Waals surface area contributed by atoms with Crippen LogP contribution in [0.2, 0.25) is 0 Å². The number of aromatic nitrogens is 2. The number of nitrogens with zero attached hydrogens (tertiary/aromatic N) is 3. The molecule has 0 fully saturated rings. The molecule has 0 saturated carbocycles. The fourth-order valence-electron chi connectivity index (χ4n) is 3.83. The molecule has 0 aliphatic heterocycles. The molecule has 2 aliphatic carbocycles. The van der Waals surface area contributed by atoms with Crippen molar-refractivity contribution in [3.63, 3.8) is 0 Å². The second-order valence-corrected chi connectivity index (χ2v) is 6.22. The Bertz CT molecular complexity index is 826. The van der Waals surface area contributed by atoms with Crippen molar-refractivity contribution in [1.29, 1.82) is 5.26 Å². The lowest BCUT2D eigenvalue weighted by atomic mass is 9.66. The lowest BCUT2D eigenvalue weighted by molar-refractivity contribution is -0.120. The SMILES string of the molecule is C=C/C=C(\C=C)c1ncnc2c1CCC1C(C)C(=O)C(C#N)=CC21. The van der Waals surface area contributed by atoms with Crippen LogP contribution in [0.5, 0.6) is 0 Å². The normalized spacial score (nSPS) is 25.8. The van der Waals surface area contributed by atoms with E-state index in [9.17, 15) is 10.1 Å². The summed E-state index contributed by atoms with van der Waals surface area (Å²) in [4.78, 5) is 21.2. The van der Waals surface area contributed by atoms with E-state index in [2.05, 4.69) is 23.1 Å². The number of hydrogen-bond donors (Lipinski definition) is 0. The van der Waals surface area contributed by atoms with Gasteiger partial charge in [-0.05, 0) is 24.3 Å². The third-order valence-electron chi connectivity index (χ3n) is 5.06. The number of nitriles is 1. The molecule has 0 N–H and O–H groups in total. The third kappa shape index (κ3) is 2.43. The molecule has 3 unspecified atom stereocenters. The van der Waals surface area contributed by atoms with Crippen molar-refractivity contribution in [1.82, 2.24) is 9.97 Å². The summed E-state index contributed by atoms with van der Waals surface area (Å²) in [6, 6.07) is 2.04. The summed E-state index contributed by atoms with van der Waals surface area (Å²) in [7, 11) is 0. The van der Waals surface area contributed by atoms with Gasteiger partial charge in [-0.1, -0.05) is 44.4 Å². The molecule has 24 heavy (non-hydrogen) atoms. The summed E-state index contributed by atoms with van der Waals surface area (Å²) in [6.45, 7) is 9.52. The molecule has 0 amide bonds. The minimum Gasteiger partial charge on any atom is -0.293 e. The van der Waals surface area contributed by atoms with Crippen LogP contribution in [0.15, 0.2) is 49.4 Å². The molecule has 0 radical (unpaired) electrons. The van der Waals surface area contributed by atoms with Crippen LogP contribution in [0.4, 0.5) is 0 Å². The molecule has 0 bridgehead atoms. The maximum absolute atomic E-state index is 12.3. The second-order valence-electron chi connectivity index (χ2n) is 6.22. The number of hydrogen-bond acceptors (Lipinski definition) is 4. The number of ketones is 1. The molecular formula is C20H19N3O. The Morgan fingerprint density at radius 2 is 2.21 bits per heavy atom. The largest absolute Gasteiger partial charge is 0.293 e. The first-order chi connectivity index (χ1) is 11.6. The van der Waals surface area contributed by atoms with E-state index in [4.69, 9.17) is 0 Å². The average molecular weight is 317 g/mol. The average Bonchev–Trinajstić information content (AvgIpc) is 2.61. The van der Waals surface area contributed by atoms with Crippen LogP contribution in [0, 0.1) is 23.2 Å². The van der Waals surface area contributed by atoms with Crippen molar-refractivity contribution in [2.24, 2.45) is 11.8 Å². The van der Waals surface area contributed by atoms with Crippen LogP contribution < -0.4 is 0 Å². The van der Waals surface area contributed by atoms with E-state index in [0.717, 1.165) is 35.4 Å². The van der Waals surface area contributed by atoms with Crippen molar-refractivity contribution in [2.45, 2.75) is 25.7 Å². The zero-order valence-electron chi connectivity index (χ0n) is 13.7. The van der Waals surface area contributed by atoms with Crippen molar-refractivity contribution in [3.8, 4) is 6.07 Å². The Balaban J connectivity index is 2.16. The molecule has 1 aromatic heterocycles. The molecule has 1 aromatic rings. The number of Topliss-reactive ketones (excluding diaryl/α,β-unsaturated/α-hetero) is 1. The molecule has 4 heteroatoms. The highest BCUT2D eigenvalue weighted by Gasteiger charge is 2.41. The van der Waals surface area contributed by atoms with Gasteiger partial charge in [-0.2, -0.15) is 5.26 Å². The molecule has 120 valence electrons. The molecule has 0 saturated heterocycles. The standard InChI is InChI=1S/C20H19N3O/c1-4-6-13(5-2)18-16-8-7-15-12(3)20(24)14(10-21)9-17(15)19(16)23-11-22-18/h4-6,9,11-12,15,17H,1-2,7-8H2,3H3/b13-6+. The van der Waals surface area contributed by atoms with Gasteiger partial charge in [0.05, 0.1) is 17.0 Å². The van der Waals surface area contributed by atoms with Gasteiger partial charge < -0.3 is 0 Å². The van der Waals surface area contributed by atoms with Crippen LogP contribution in [0.25, 0.3) is 5.57 Å². The van der Waals surface area contributed by atoms with Gasteiger partial charge in [0.25, 0.3) is 0 Å². The molecular weight excluding hydrogens is 298 g/mol. The quantitative estimate of drug-likeness (QED) is 0.800. The predicted molar refractivity (Wildman–Crippen MR) is 92.8 cm³/mol. The Kier molecular flexibility index (Phi) is 4.26. The van der Waals surface area contributed by atoms with Gasteiger partial charge in [0.2, 0.25) is 0 Å². The zero-order chi connectivity index (χ0) is 17.3. The van der Waals surface area contributed by atoms with E-state index in [0.29, 0.717) is 0 Å². The van der Waals surface area contributed by atoms with E-state index >= 15 is 0 Å². The molecule has 4 nitrogen and oxygen atoms in total.